The van der Waals surface area contributed by atoms with Crippen LogP contribution in [0, 0.1) is 11.3 Å². The minimum Gasteiger partial charge on any atom is -0.465 e. The van der Waals surface area contributed by atoms with Gasteiger partial charge >= 0.3 is 11.5 Å². The highest BCUT2D eigenvalue weighted by molar-refractivity contribution is 8.00. The minimum absolute atomic E-state index is 0.0209. The molecular formula is C10H6F3NO2S2. The minimum atomic E-state index is -4.52. The third-order valence-electron chi connectivity index (χ3n) is 1.85. The van der Waals surface area contributed by atoms with E-state index in [4.69, 9.17) is 5.26 Å². The van der Waals surface area contributed by atoms with Crippen LogP contribution < -0.4 is 0 Å². The Morgan fingerprint density at radius 1 is 1.50 bits per heavy atom. The van der Waals surface area contributed by atoms with Crippen LogP contribution in [0.5, 0.6) is 0 Å². The van der Waals surface area contributed by atoms with E-state index in [1.807, 2.05) is 0 Å². The van der Waals surface area contributed by atoms with Crippen LogP contribution in [0.1, 0.15) is 15.9 Å². The number of thiol groups is 1. The molecule has 1 aromatic rings. The molecule has 3 nitrogen and oxygen atoms in total. The van der Waals surface area contributed by atoms with Gasteiger partial charge in [0.15, 0.2) is 0 Å². The molecule has 1 rings (SSSR count). The maximum atomic E-state index is 12.3. The van der Waals surface area contributed by atoms with Crippen LogP contribution >= 0.6 is 24.4 Å². The third kappa shape index (κ3) is 3.58. The molecule has 0 aliphatic carbocycles. The molecule has 18 heavy (non-hydrogen) atoms. The summed E-state index contributed by atoms with van der Waals surface area (Å²) in [5.41, 5.74) is -4.82. The van der Waals surface area contributed by atoms with Crippen LogP contribution in [0.15, 0.2) is 21.9 Å². The summed E-state index contributed by atoms with van der Waals surface area (Å²) in [4.78, 5) is 11.0. The molecule has 0 bridgehead atoms. The van der Waals surface area contributed by atoms with Crippen LogP contribution in [-0.2, 0) is 4.74 Å². The number of thioether (sulfide) groups is 1. The van der Waals surface area contributed by atoms with Crippen molar-refractivity contribution in [2.24, 2.45) is 0 Å². The number of esters is 1. The van der Waals surface area contributed by atoms with Gasteiger partial charge in [0.25, 0.3) is 0 Å². The van der Waals surface area contributed by atoms with Gasteiger partial charge in [-0.05, 0) is 23.9 Å². The standard InChI is InChI=1S/C10H6F3NO2S2/c1-16-9(15)6-2-5(4-14)8(3-7(6)17)18-10(11,12)13/h2-3,17H,1H3. The molecule has 8 heteroatoms. The monoisotopic (exact) mass is 293 g/mol. The second-order valence-electron chi connectivity index (χ2n) is 3.02. The van der Waals surface area contributed by atoms with Gasteiger partial charge in [0.2, 0.25) is 0 Å². The molecule has 0 unspecified atom stereocenters. The highest BCUT2D eigenvalue weighted by Gasteiger charge is 2.31. The zero-order valence-corrected chi connectivity index (χ0v) is 10.6. The van der Waals surface area contributed by atoms with Crippen LogP contribution in [-0.4, -0.2) is 18.6 Å². The van der Waals surface area contributed by atoms with Crippen LogP contribution in [0.25, 0.3) is 0 Å². The van der Waals surface area contributed by atoms with E-state index >= 15 is 0 Å². The average Bonchev–Trinajstić information content (AvgIpc) is 2.26. The summed E-state index contributed by atoms with van der Waals surface area (Å²) in [6.45, 7) is 0. The topological polar surface area (TPSA) is 50.1 Å². The molecule has 0 N–H and O–H groups in total. The average molecular weight is 293 g/mol. The number of carbonyl (C=O) groups excluding carboxylic acids is 1. The molecular weight excluding hydrogens is 287 g/mol. The SMILES string of the molecule is COC(=O)c1cc(C#N)c(SC(F)(F)F)cc1S. The van der Waals surface area contributed by atoms with Crippen molar-refractivity contribution in [1.82, 2.24) is 0 Å². The lowest BCUT2D eigenvalue weighted by molar-refractivity contribution is -0.0328. The Bertz CT molecular complexity index is 523. The van der Waals surface area contributed by atoms with Gasteiger partial charge in [0.1, 0.15) is 6.07 Å². The molecule has 1 aromatic carbocycles. The van der Waals surface area contributed by atoms with E-state index in [1.165, 1.54) is 0 Å². The Hall–Kier alpha value is -1.33. The maximum Gasteiger partial charge on any atom is 0.446 e. The first kappa shape index (κ1) is 14.7. The highest BCUT2D eigenvalue weighted by atomic mass is 32.2. The van der Waals surface area contributed by atoms with Crippen LogP contribution in [0.2, 0.25) is 0 Å². The molecule has 0 aliphatic rings. The van der Waals surface area contributed by atoms with E-state index in [0.717, 1.165) is 19.2 Å². The van der Waals surface area contributed by atoms with Crippen molar-refractivity contribution in [3.63, 3.8) is 0 Å². The Morgan fingerprint density at radius 2 is 2.11 bits per heavy atom. The molecule has 0 spiro atoms. The zero-order valence-electron chi connectivity index (χ0n) is 8.91. The lowest BCUT2D eigenvalue weighted by Crippen LogP contribution is -2.05. The van der Waals surface area contributed by atoms with E-state index in [9.17, 15) is 18.0 Å². The molecule has 0 saturated heterocycles. The maximum absolute atomic E-state index is 12.3. The summed E-state index contributed by atoms with van der Waals surface area (Å²) in [7, 11) is 1.12. The molecule has 0 aliphatic heterocycles. The quantitative estimate of drug-likeness (QED) is 0.516. The van der Waals surface area contributed by atoms with Crippen molar-refractivity contribution in [2.45, 2.75) is 15.3 Å². The smallest absolute Gasteiger partial charge is 0.446 e. The van der Waals surface area contributed by atoms with Gasteiger partial charge in [-0.2, -0.15) is 18.4 Å². The van der Waals surface area contributed by atoms with Crippen molar-refractivity contribution >= 4 is 30.4 Å². The number of hydrogen-bond acceptors (Lipinski definition) is 5. The third-order valence-corrected chi connectivity index (χ3v) is 3.01. The zero-order chi connectivity index (χ0) is 13.9. The molecule has 0 aromatic heterocycles. The van der Waals surface area contributed by atoms with Gasteiger partial charge in [-0.15, -0.1) is 12.6 Å². The van der Waals surface area contributed by atoms with Gasteiger partial charge in [-0.25, -0.2) is 4.79 Å². The normalized spacial score (nSPS) is 10.9. The van der Waals surface area contributed by atoms with Gasteiger partial charge in [0, 0.05) is 9.79 Å². The van der Waals surface area contributed by atoms with Gasteiger partial charge in [-0.1, -0.05) is 0 Å². The second kappa shape index (κ2) is 5.54. The summed E-state index contributed by atoms with van der Waals surface area (Å²) in [6, 6.07) is 3.65. The van der Waals surface area contributed by atoms with Crippen molar-refractivity contribution in [3.8, 4) is 6.07 Å². The number of halogens is 3. The van der Waals surface area contributed by atoms with E-state index in [2.05, 4.69) is 17.4 Å². The van der Waals surface area contributed by atoms with Crippen molar-refractivity contribution < 1.29 is 22.7 Å². The fraction of sp³-hybridized carbons (Fsp3) is 0.200. The van der Waals surface area contributed by atoms with Crippen molar-refractivity contribution in [3.05, 3.63) is 23.3 Å². The summed E-state index contributed by atoms with van der Waals surface area (Å²) in [5, 5.41) is 8.78. The van der Waals surface area contributed by atoms with E-state index in [0.29, 0.717) is 0 Å². The van der Waals surface area contributed by atoms with Gasteiger partial charge in [-0.3, -0.25) is 0 Å². The lowest BCUT2D eigenvalue weighted by atomic mass is 10.1. The Balaban J connectivity index is 3.28. The summed E-state index contributed by atoms with van der Waals surface area (Å²) in [5.74, 6) is -0.764. The number of ether oxygens (including phenoxy) is 1. The predicted octanol–water partition coefficient (Wildman–Crippen LogP) is 3.25. The van der Waals surface area contributed by atoms with Crippen LogP contribution in [0.3, 0.4) is 0 Å². The second-order valence-corrected chi connectivity index (χ2v) is 4.61. The fourth-order valence-corrected chi connectivity index (χ4v) is 2.15. The molecule has 0 amide bonds. The molecule has 0 atom stereocenters. The number of rotatable bonds is 2. The molecule has 0 radical (unpaired) electrons. The summed E-state index contributed by atoms with van der Waals surface area (Å²) < 4.78 is 41.2. The van der Waals surface area contributed by atoms with E-state index in [-0.39, 0.29) is 20.9 Å². The first-order valence-electron chi connectivity index (χ1n) is 4.39. The molecule has 0 saturated carbocycles. The first-order chi connectivity index (χ1) is 8.28. The number of carbonyl (C=O) groups is 1. The Morgan fingerprint density at radius 3 is 2.56 bits per heavy atom. The molecule has 0 heterocycles. The van der Waals surface area contributed by atoms with E-state index in [1.54, 1.807) is 6.07 Å². The summed E-state index contributed by atoms with van der Waals surface area (Å²) >= 11 is 3.48. The van der Waals surface area contributed by atoms with Crippen LogP contribution in [0.4, 0.5) is 13.2 Å². The highest BCUT2D eigenvalue weighted by Crippen LogP contribution is 2.39. The van der Waals surface area contributed by atoms with Gasteiger partial charge in [0.05, 0.1) is 18.2 Å². The lowest BCUT2D eigenvalue weighted by Gasteiger charge is -2.10. The predicted molar refractivity (Wildman–Crippen MR) is 61.7 cm³/mol. The number of nitriles is 1. The summed E-state index contributed by atoms with van der Waals surface area (Å²) in [6.07, 6.45) is 0. The fourth-order valence-electron chi connectivity index (χ4n) is 1.14. The number of hydrogen-bond donors (Lipinski definition) is 1. The number of nitrogens with zero attached hydrogens (tertiary/aromatic N) is 1. The Kier molecular flexibility index (Phi) is 4.53. The van der Waals surface area contributed by atoms with E-state index < -0.39 is 23.2 Å². The number of methoxy groups -OCH3 is 1. The number of benzene rings is 1. The largest absolute Gasteiger partial charge is 0.465 e. The first-order valence-corrected chi connectivity index (χ1v) is 5.66. The van der Waals surface area contributed by atoms with Crippen molar-refractivity contribution in [2.75, 3.05) is 7.11 Å². The van der Waals surface area contributed by atoms with Crippen molar-refractivity contribution in [1.29, 1.82) is 5.26 Å². The molecule has 96 valence electrons. The molecule has 0 fully saturated rings. The Labute approximate surface area is 110 Å². The number of alkyl halides is 3. The van der Waals surface area contributed by atoms with Gasteiger partial charge < -0.3 is 4.74 Å².